The van der Waals surface area contributed by atoms with Gasteiger partial charge in [-0.1, -0.05) is 33.3 Å². The lowest BCUT2D eigenvalue weighted by molar-refractivity contribution is -0.136. The average molecular weight is 587 g/mol. The van der Waals surface area contributed by atoms with E-state index in [-0.39, 0.29) is 17.9 Å². The van der Waals surface area contributed by atoms with Crippen LogP contribution in [0.25, 0.3) is 6.08 Å². The van der Waals surface area contributed by atoms with E-state index in [1.807, 2.05) is 26.0 Å². The summed E-state index contributed by atoms with van der Waals surface area (Å²) in [6.45, 7) is 4.81. The molecule has 1 atom stereocenters. The van der Waals surface area contributed by atoms with Crippen LogP contribution in [0.5, 0.6) is 23.0 Å². The number of carbonyl (C=O) groups is 1. The number of ether oxygens (including phenoxy) is 5. The Bertz CT molecular complexity index is 1590. The highest BCUT2D eigenvalue weighted by molar-refractivity contribution is 9.10. The molecule has 0 spiro atoms. The Balaban J connectivity index is 1.67. The van der Waals surface area contributed by atoms with Crippen molar-refractivity contribution in [3.8, 4) is 23.0 Å². The molecule has 0 saturated heterocycles. The van der Waals surface area contributed by atoms with E-state index in [0.29, 0.717) is 51.1 Å². The molecule has 9 nitrogen and oxygen atoms in total. The Labute approximate surface area is 224 Å². The van der Waals surface area contributed by atoms with Gasteiger partial charge in [-0.2, -0.15) is 0 Å². The van der Waals surface area contributed by atoms with E-state index >= 15 is 0 Å². The summed E-state index contributed by atoms with van der Waals surface area (Å²) in [5, 5.41) is 0. The van der Waals surface area contributed by atoms with E-state index in [1.54, 1.807) is 24.3 Å². The van der Waals surface area contributed by atoms with Gasteiger partial charge in [-0.15, -0.1) is 0 Å². The monoisotopic (exact) mass is 586 g/mol. The number of aromatic nitrogens is 1. The second-order valence-corrected chi connectivity index (χ2v) is 9.84. The number of benzene rings is 2. The molecule has 2 aliphatic heterocycles. The number of esters is 1. The molecular formula is C26H23BrN2O7S. The van der Waals surface area contributed by atoms with Gasteiger partial charge < -0.3 is 23.7 Å². The Morgan fingerprint density at radius 3 is 2.62 bits per heavy atom. The first-order valence-electron chi connectivity index (χ1n) is 11.5. The van der Waals surface area contributed by atoms with Crippen molar-refractivity contribution in [2.24, 2.45) is 4.99 Å². The third kappa shape index (κ3) is 4.64. The Kier molecular flexibility index (Phi) is 7.07. The van der Waals surface area contributed by atoms with Gasteiger partial charge in [0, 0.05) is 10.7 Å². The van der Waals surface area contributed by atoms with E-state index < -0.39 is 12.0 Å². The SMILES string of the molecule is CCOc1ccc([C@@H]2C(C(=O)OC)=CN=c3s/c(=C/c4cc5c(cc4Br)OCO5)c(=O)n32)cc1OCC. The maximum atomic E-state index is 13.8. The van der Waals surface area contributed by atoms with Crippen LogP contribution in [0.2, 0.25) is 0 Å². The molecule has 5 rings (SSSR count). The predicted molar refractivity (Wildman–Crippen MR) is 140 cm³/mol. The largest absolute Gasteiger partial charge is 0.490 e. The second-order valence-electron chi connectivity index (χ2n) is 7.98. The molecular weight excluding hydrogens is 564 g/mol. The molecule has 0 saturated carbocycles. The van der Waals surface area contributed by atoms with Gasteiger partial charge in [-0.3, -0.25) is 9.36 Å². The maximum Gasteiger partial charge on any atom is 0.337 e. The number of fused-ring (bicyclic) bond motifs is 2. The number of carbonyl (C=O) groups excluding carboxylic acids is 1. The fourth-order valence-electron chi connectivity index (χ4n) is 4.17. The standard InChI is InChI=1S/C26H23BrN2O7S/c1-4-33-18-7-6-14(8-19(18)34-5-2)23-16(25(31)32-3)12-28-26-29(23)24(30)22(37-26)10-15-9-20-21(11-17(15)27)36-13-35-20/h6-12,23H,4-5,13H2,1-3H3/b22-10+/t23-/m1/s1. The van der Waals surface area contributed by atoms with Crippen molar-refractivity contribution in [2.75, 3.05) is 27.1 Å². The molecule has 0 bridgehead atoms. The minimum atomic E-state index is -0.763. The van der Waals surface area contributed by atoms with Crippen LogP contribution in [0.15, 0.2) is 56.4 Å². The first-order valence-corrected chi connectivity index (χ1v) is 13.1. The summed E-state index contributed by atoms with van der Waals surface area (Å²) >= 11 is 4.77. The van der Waals surface area contributed by atoms with Crippen molar-refractivity contribution in [2.45, 2.75) is 19.9 Å². The number of hydrogen-bond donors (Lipinski definition) is 0. The highest BCUT2D eigenvalue weighted by Gasteiger charge is 2.31. The minimum absolute atomic E-state index is 0.148. The molecule has 0 amide bonds. The Hall–Kier alpha value is -3.57. The van der Waals surface area contributed by atoms with Crippen LogP contribution in [0.3, 0.4) is 0 Å². The van der Waals surface area contributed by atoms with E-state index in [0.717, 1.165) is 10.0 Å². The van der Waals surface area contributed by atoms with E-state index in [9.17, 15) is 9.59 Å². The van der Waals surface area contributed by atoms with Crippen LogP contribution in [-0.2, 0) is 9.53 Å². The molecule has 11 heteroatoms. The molecule has 37 heavy (non-hydrogen) atoms. The van der Waals surface area contributed by atoms with Crippen molar-refractivity contribution in [3.63, 3.8) is 0 Å². The van der Waals surface area contributed by atoms with Gasteiger partial charge in [0.1, 0.15) is 0 Å². The summed E-state index contributed by atoms with van der Waals surface area (Å²) in [4.78, 5) is 31.4. The third-order valence-electron chi connectivity index (χ3n) is 5.79. The van der Waals surface area contributed by atoms with Gasteiger partial charge in [0.2, 0.25) is 6.79 Å². The summed E-state index contributed by atoms with van der Waals surface area (Å²) < 4.78 is 30.1. The zero-order valence-electron chi connectivity index (χ0n) is 20.3. The lowest BCUT2D eigenvalue weighted by Crippen LogP contribution is -2.39. The van der Waals surface area contributed by atoms with E-state index in [2.05, 4.69) is 20.9 Å². The van der Waals surface area contributed by atoms with Crippen molar-refractivity contribution < 1.29 is 28.5 Å². The van der Waals surface area contributed by atoms with Crippen LogP contribution in [0.1, 0.15) is 31.0 Å². The molecule has 2 aliphatic rings. The molecule has 0 unspecified atom stereocenters. The first kappa shape index (κ1) is 25.1. The van der Waals surface area contributed by atoms with Gasteiger partial charge in [-0.05, 0) is 55.3 Å². The summed E-state index contributed by atoms with van der Waals surface area (Å²) in [7, 11) is 1.30. The third-order valence-corrected chi connectivity index (χ3v) is 7.47. The molecule has 2 aromatic carbocycles. The maximum absolute atomic E-state index is 13.8. The van der Waals surface area contributed by atoms with Crippen molar-refractivity contribution >= 4 is 39.3 Å². The number of methoxy groups -OCH3 is 1. The van der Waals surface area contributed by atoms with Crippen molar-refractivity contribution in [1.82, 2.24) is 4.57 Å². The van der Waals surface area contributed by atoms with Gasteiger partial charge in [0.15, 0.2) is 27.8 Å². The number of hydrogen-bond acceptors (Lipinski definition) is 9. The minimum Gasteiger partial charge on any atom is -0.490 e. The fourth-order valence-corrected chi connectivity index (χ4v) is 5.57. The number of rotatable bonds is 7. The van der Waals surface area contributed by atoms with Gasteiger partial charge in [0.25, 0.3) is 5.56 Å². The number of thiazole rings is 1. The quantitative estimate of drug-likeness (QED) is 0.392. The molecule has 3 heterocycles. The van der Waals surface area contributed by atoms with Crippen LogP contribution in [0.4, 0.5) is 0 Å². The lowest BCUT2D eigenvalue weighted by Gasteiger charge is -2.23. The van der Waals surface area contributed by atoms with E-state index in [4.69, 9.17) is 23.7 Å². The second kappa shape index (κ2) is 10.4. The van der Waals surface area contributed by atoms with Crippen molar-refractivity contribution in [1.29, 1.82) is 0 Å². The highest BCUT2D eigenvalue weighted by Crippen LogP contribution is 2.37. The van der Waals surface area contributed by atoms with Crippen LogP contribution < -0.4 is 33.8 Å². The molecule has 192 valence electrons. The highest BCUT2D eigenvalue weighted by atomic mass is 79.9. The zero-order chi connectivity index (χ0) is 26.1. The summed E-state index contributed by atoms with van der Waals surface area (Å²) in [6.07, 6.45) is 3.22. The Morgan fingerprint density at radius 2 is 1.89 bits per heavy atom. The summed E-state index contributed by atoms with van der Waals surface area (Å²) in [5.41, 5.74) is 1.35. The molecule has 1 aromatic heterocycles. The van der Waals surface area contributed by atoms with Gasteiger partial charge in [0.05, 0.1) is 36.5 Å². The first-order chi connectivity index (χ1) is 17.9. The van der Waals surface area contributed by atoms with Gasteiger partial charge in [-0.25, -0.2) is 9.79 Å². The average Bonchev–Trinajstić information content (AvgIpc) is 3.48. The molecule has 3 aromatic rings. The molecule has 0 aliphatic carbocycles. The normalized spacial score (nSPS) is 16.1. The molecule has 0 N–H and O–H groups in total. The fraction of sp³-hybridized carbons (Fsp3) is 0.269. The molecule has 0 fully saturated rings. The number of nitrogens with zero attached hydrogens (tertiary/aromatic N) is 2. The van der Waals surface area contributed by atoms with E-state index in [1.165, 1.54) is 29.2 Å². The smallest absolute Gasteiger partial charge is 0.337 e. The van der Waals surface area contributed by atoms with Crippen molar-refractivity contribution in [3.05, 3.63) is 77.4 Å². The Morgan fingerprint density at radius 1 is 1.16 bits per heavy atom. The van der Waals surface area contributed by atoms with Crippen LogP contribution >= 0.6 is 27.3 Å². The molecule has 0 radical (unpaired) electrons. The van der Waals surface area contributed by atoms with Crippen LogP contribution in [0, 0.1) is 0 Å². The number of halogens is 1. The summed E-state index contributed by atoms with van der Waals surface area (Å²) in [5.74, 6) is 1.76. The predicted octanol–water partition coefficient (Wildman–Crippen LogP) is 3.31. The van der Waals surface area contributed by atoms with Gasteiger partial charge >= 0.3 is 5.97 Å². The zero-order valence-corrected chi connectivity index (χ0v) is 22.7. The topological polar surface area (TPSA) is 97.6 Å². The lowest BCUT2D eigenvalue weighted by atomic mass is 9.97. The van der Waals surface area contributed by atoms with Crippen LogP contribution in [-0.4, -0.2) is 37.7 Å². The summed E-state index contributed by atoms with van der Waals surface area (Å²) in [6, 6.07) is 8.22.